The van der Waals surface area contributed by atoms with Gasteiger partial charge < -0.3 is 15.4 Å². The second-order valence-corrected chi connectivity index (χ2v) is 7.88. The molecule has 3 aliphatic rings. The molecule has 2 aliphatic carbocycles. The van der Waals surface area contributed by atoms with Crippen molar-refractivity contribution in [3.05, 3.63) is 18.5 Å². The van der Waals surface area contributed by atoms with Gasteiger partial charge in [-0.1, -0.05) is 12.8 Å². The van der Waals surface area contributed by atoms with E-state index in [0.29, 0.717) is 6.10 Å². The Morgan fingerprint density at radius 1 is 1.32 bits per heavy atom. The van der Waals surface area contributed by atoms with Crippen LogP contribution in [0.25, 0.3) is 0 Å². The summed E-state index contributed by atoms with van der Waals surface area (Å²) in [6.07, 6.45) is 11.4. The normalized spacial score (nSPS) is 30.1. The van der Waals surface area contributed by atoms with Gasteiger partial charge in [-0.2, -0.15) is 5.10 Å². The van der Waals surface area contributed by atoms with Crippen molar-refractivity contribution >= 4 is 5.91 Å². The molecule has 0 radical (unpaired) electrons. The molecule has 2 atom stereocenters. The largest absolute Gasteiger partial charge is 0.378 e. The van der Waals surface area contributed by atoms with Gasteiger partial charge >= 0.3 is 0 Å². The molecule has 4 rings (SSSR count). The molecule has 2 saturated carbocycles. The van der Waals surface area contributed by atoms with Crippen LogP contribution in [-0.4, -0.2) is 47.5 Å². The van der Waals surface area contributed by atoms with E-state index in [4.69, 9.17) is 4.74 Å². The number of hydrogen-bond donors (Lipinski definition) is 2. The quantitative estimate of drug-likeness (QED) is 0.853. The van der Waals surface area contributed by atoms with Gasteiger partial charge in [0.2, 0.25) is 5.91 Å². The number of nitrogens with one attached hydrogen (secondary N) is 2. The summed E-state index contributed by atoms with van der Waals surface area (Å²) < 4.78 is 7.87. The molecule has 0 aromatic carbocycles. The Morgan fingerprint density at radius 3 is 2.72 bits per heavy atom. The van der Waals surface area contributed by atoms with E-state index < -0.39 is 5.54 Å². The molecule has 1 amide bonds. The SMILES string of the molecule is CCOC1CC(NC(=O)C2(n3cccn3)CCNCC2)C12CCCC2. The Hall–Kier alpha value is -1.40. The fraction of sp³-hybridized carbons (Fsp3) is 0.789. The van der Waals surface area contributed by atoms with Gasteiger partial charge in [0.05, 0.1) is 6.10 Å². The number of carbonyl (C=O) groups is 1. The van der Waals surface area contributed by atoms with Crippen LogP contribution in [0.15, 0.2) is 18.5 Å². The number of ether oxygens (including phenoxy) is 1. The van der Waals surface area contributed by atoms with Crippen LogP contribution >= 0.6 is 0 Å². The Kier molecular flexibility index (Phi) is 4.58. The van der Waals surface area contributed by atoms with Gasteiger partial charge in [-0.3, -0.25) is 9.48 Å². The maximum atomic E-state index is 13.4. The summed E-state index contributed by atoms with van der Waals surface area (Å²) in [6, 6.07) is 2.16. The van der Waals surface area contributed by atoms with Crippen molar-refractivity contribution < 1.29 is 9.53 Å². The molecule has 6 heteroatoms. The minimum absolute atomic E-state index is 0.143. The number of aromatic nitrogens is 2. The highest BCUT2D eigenvalue weighted by Gasteiger charge is 2.58. The summed E-state index contributed by atoms with van der Waals surface area (Å²) in [4.78, 5) is 13.4. The molecule has 2 heterocycles. The molecule has 6 nitrogen and oxygen atoms in total. The van der Waals surface area contributed by atoms with Crippen molar-refractivity contribution in [1.82, 2.24) is 20.4 Å². The van der Waals surface area contributed by atoms with Crippen LogP contribution in [0.4, 0.5) is 0 Å². The summed E-state index contributed by atoms with van der Waals surface area (Å²) in [7, 11) is 0. The molecule has 2 N–H and O–H groups in total. The van der Waals surface area contributed by atoms with Crippen LogP contribution in [0.1, 0.15) is 51.9 Å². The summed E-state index contributed by atoms with van der Waals surface area (Å²) >= 11 is 0. The summed E-state index contributed by atoms with van der Waals surface area (Å²) in [5.41, 5.74) is -0.380. The summed E-state index contributed by atoms with van der Waals surface area (Å²) in [5, 5.41) is 11.2. The number of rotatable bonds is 5. The molecule has 1 aliphatic heterocycles. The number of carbonyl (C=O) groups excluding carboxylic acids is 1. The minimum Gasteiger partial charge on any atom is -0.378 e. The first kappa shape index (κ1) is 17.0. The van der Waals surface area contributed by atoms with Gasteiger partial charge in [0.25, 0.3) is 0 Å². The van der Waals surface area contributed by atoms with Gasteiger partial charge in [0.1, 0.15) is 5.54 Å². The molecular weight excluding hydrogens is 316 g/mol. The first-order chi connectivity index (χ1) is 12.2. The zero-order chi connectivity index (χ0) is 17.3. The lowest BCUT2D eigenvalue weighted by Gasteiger charge is -2.54. The van der Waals surface area contributed by atoms with Crippen molar-refractivity contribution in [2.75, 3.05) is 19.7 Å². The zero-order valence-electron chi connectivity index (χ0n) is 15.2. The van der Waals surface area contributed by atoms with E-state index in [1.807, 2.05) is 16.9 Å². The average Bonchev–Trinajstić information content (AvgIpc) is 3.34. The van der Waals surface area contributed by atoms with Crippen LogP contribution in [0.5, 0.6) is 0 Å². The maximum absolute atomic E-state index is 13.4. The van der Waals surface area contributed by atoms with E-state index in [0.717, 1.165) is 39.0 Å². The minimum atomic E-state index is -0.550. The molecule has 2 unspecified atom stereocenters. The van der Waals surface area contributed by atoms with Gasteiger partial charge in [-0.25, -0.2) is 0 Å². The highest BCUT2D eigenvalue weighted by Crippen LogP contribution is 2.55. The van der Waals surface area contributed by atoms with Gasteiger partial charge in [0.15, 0.2) is 0 Å². The van der Waals surface area contributed by atoms with Crippen molar-refractivity contribution in [2.24, 2.45) is 5.41 Å². The average molecular weight is 346 g/mol. The molecule has 1 aromatic heterocycles. The molecule has 1 aromatic rings. The van der Waals surface area contributed by atoms with Crippen LogP contribution in [0.3, 0.4) is 0 Å². The zero-order valence-corrected chi connectivity index (χ0v) is 15.2. The lowest BCUT2D eigenvalue weighted by molar-refractivity contribution is -0.151. The van der Waals surface area contributed by atoms with E-state index in [2.05, 4.69) is 22.7 Å². The van der Waals surface area contributed by atoms with E-state index >= 15 is 0 Å². The van der Waals surface area contributed by atoms with Crippen LogP contribution < -0.4 is 10.6 Å². The van der Waals surface area contributed by atoms with Gasteiger partial charge in [0, 0.05) is 30.5 Å². The highest BCUT2D eigenvalue weighted by atomic mass is 16.5. The maximum Gasteiger partial charge on any atom is 0.248 e. The Balaban J connectivity index is 1.52. The van der Waals surface area contributed by atoms with Crippen LogP contribution in [-0.2, 0) is 15.1 Å². The van der Waals surface area contributed by atoms with Crippen molar-refractivity contribution in [3.63, 3.8) is 0 Å². The molecule has 25 heavy (non-hydrogen) atoms. The summed E-state index contributed by atoms with van der Waals surface area (Å²) in [5.74, 6) is 0.143. The van der Waals surface area contributed by atoms with Crippen molar-refractivity contribution in [2.45, 2.75) is 69.6 Å². The van der Waals surface area contributed by atoms with E-state index in [-0.39, 0.29) is 17.4 Å². The summed E-state index contributed by atoms with van der Waals surface area (Å²) in [6.45, 7) is 4.53. The molecule has 1 saturated heterocycles. The first-order valence-electron chi connectivity index (χ1n) is 9.85. The van der Waals surface area contributed by atoms with Crippen molar-refractivity contribution in [3.8, 4) is 0 Å². The third kappa shape index (κ3) is 2.70. The standard InChI is InChI=1S/C19H30N4O2/c1-2-25-16-14-15(18(16)6-3-4-7-18)22-17(24)19(8-11-20-12-9-19)23-13-5-10-21-23/h5,10,13,15-16,20H,2-4,6-9,11-12,14H2,1H3,(H,22,24). The monoisotopic (exact) mass is 346 g/mol. The van der Waals surface area contributed by atoms with E-state index in [1.165, 1.54) is 25.7 Å². The number of amides is 1. The van der Waals surface area contributed by atoms with Gasteiger partial charge in [-0.05, 0) is 58.2 Å². The second kappa shape index (κ2) is 6.72. The topological polar surface area (TPSA) is 68.2 Å². The third-order valence-corrected chi connectivity index (χ3v) is 6.79. The lowest BCUT2D eigenvalue weighted by atomic mass is 9.60. The molecule has 0 bridgehead atoms. The van der Waals surface area contributed by atoms with Crippen LogP contribution in [0.2, 0.25) is 0 Å². The molecule has 1 spiro atoms. The fourth-order valence-electron chi connectivity index (χ4n) is 5.30. The highest BCUT2D eigenvalue weighted by molar-refractivity contribution is 5.85. The Bertz CT molecular complexity index is 589. The first-order valence-corrected chi connectivity index (χ1v) is 9.85. The van der Waals surface area contributed by atoms with Crippen molar-refractivity contribution in [1.29, 1.82) is 0 Å². The predicted octanol–water partition coefficient (Wildman–Crippen LogP) is 1.82. The Morgan fingerprint density at radius 2 is 2.08 bits per heavy atom. The van der Waals surface area contributed by atoms with E-state index in [9.17, 15) is 4.79 Å². The van der Waals surface area contributed by atoms with Crippen LogP contribution in [0, 0.1) is 5.41 Å². The smallest absolute Gasteiger partial charge is 0.248 e. The number of piperidine rings is 1. The second-order valence-electron chi connectivity index (χ2n) is 7.88. The number of nitrogens with zero attached hydrogens (tertiary/aromatic N) is 2. The fourth-order valence-corrected chi connectivity index (χ4v) is 5.30. The van der Waals surface area contributed by atoms with E-state index in [1.54, 1.807) is 6.20 Å². The number of hydrogen-bond acceptors (Lipinski definition) is 4. The molecular formula is C19H30N4O2. The predicted molar refractivity (Wildman–Crippen MR) is 95.2 cm³/mol. The van der Waals surface area contributed by atoms with Gasteiger partial charge in [-0.15, -0.1) is 0 Å². The molecule has 3 fully saturated rings. The molecule has 138 valence electrons. The Labute approximate surface area is 149 Å². The third-order valence-electron chi connectivity index (χ3n) is 6.79. The lowest BCUT2D eigenvalue weighted by Crippen LogP contribution is -2.67.